The molecule has 0 spiro atoms. The van der Waals surface area contributed by atoms with Crippen molar-refractivity contribution in [2.24, 2.45) is 22.9 Å². The molecule has 4 rings (SSSR count). The molecule has 10 N–H and O–H groups in total. The second kappa shape index (κ2) is 13.2. The van der Waals surface area contributed by atoms with Crippen LogP contribution < -0.4 is 22.9 Å². The first kappa shape index (κ1) is 28.0. The fraction of sp³-hybridized carbons (Fsp3) is 0.538. The zero-order valence-corrected chi connectivity index (χ0v) is 20.6. The molecule has 0 unspecified atom stereocenters. The van der Waals surface area contributed by atoms with Crippen molar-refractivity contribution in [2.45, 2.75) is 74.5 Å². The molecule has 10 atom stereocenters. The highest BCUT2D eigenvalue weighted by molar-refractivity contribution is 5.14. The van der Waals surface area contributed by atoms with Crippen LogP contribution in [0.2, 0.25) is 0 Å². The molecule has 0 aromatic heterocycles. The Balaban J connectivity index is 1.51. The molecule has 2 aliphatic rings. The number of nitrogens with two attached hydrogens (primary N) is 4. The van der Waals surface area contributed by atoms with Crippen molar-refractivity contribution in [3.05, 3.63) is 71.8 Å². The summed E-state index contributed by atoms with van der Waals surface area (Å²) in [6.07, 6.45) is -7.37. The van der Waals surface area contributed by atoms with Gasteiger partial charge in [0.15, 0.2) is 12.6 Å². The van der Waals surface area contributed by atoms with Crippen molar-refractivity contribution in [1.29, 1.82) is 0 Å². The van der Waals surface area contributed by atoms with Gasteiger partial charge in [0.25, 0.3) is 0 Å². The molecular formula is C26H38N4O7. The van der Waals surface area contributed by atoms with Crippen molar-refractivity contribution in [2.75, 3.05) is 13.1 Å². The van der Waals surface area contributed by atoms with Crippen molar-refractivity contribution in [1.82, 2.24) is 0 Å². The second-order valence-corrected chi connectivity index (χ2v) is 9.35. The van der Waals surface area contributed by atoms with E-state index in [9.17, 15) is 10.2 Å². The molecule has 2 heterocycles. The summed E-state index contributed by atoms with van der Waals surface area (Å²) in [6.45, 7) is 0.511. The lowest BCUT2D eigenvalue weighted by atomic mass is 9.94. The molecule has 2 aliphatic heterocycles. The molecule has 204 valence electrons. The molecular weight excluding hydrogens is 480 g/mol. The van der Waals surface area contributed by atoms with E-state index < -0.39 is 61.3 Å². The van der Waals surface area contributed by atoms with Gasteiger partial charge in [-0.3, -0.25) is 0 Å². The minimum atomic E-state index is -1.30. The summed E-state index contributed by atoms with van der Waals surface area (Å²) in [5.41, 5.74) is 26.5. The average molecular weight is 519 g/mol. The van der Waals surface area contributed by atoms with E-state index in [4.69, 9.17) is 46.6 Å². The van der Waals surface area contributed by atoms with Crippen molar-refractivity contribution in [3.8, 4) is 0 Å². The summed E-state index contributed by atoms with van der Waals surface area (Å²) in [5, 5.41) is 21.2. The van der Waals surface area contributed by atoms with E-state index in [-0.39, 0.29) is 26.3 Å². The number of hydrogen-bond acceptors (Lipinski definition) is 11. The van der Waals surface area contributed by atoms with Gasteiger partial charge in [0, 0.05) is 13.1 Å². The maximum absolute atomic E-state index is 10.8. The SMILES string of the molecule is NC[C@H]1O[C@H](O[C@H]2[C@H](OCc3ccccc3)[C@@H](N)[C@@H](O)O[C@@H]2CN)[C@H](N)[C@@H](OCc2ccccc2)[C@@H]1O. The van der Waals surface area contributed by atoms with Crippen molar-refractivity contribution >= 4 is 0 Å². The Hall–Kier alpha value is -2.00. The van der Waals surface area contributed by atoms with E-state index in [2.05, 4.69) is 0 Å². The first-order valence-corrected chi connectivity index (χ1v) is 12.5. The second-order valence-electron chi connectivity index (χ2n) is 9.35. The van der Waals surface area contributed by atoms with E-state index in [0.29, 0.717) is 0 Å². The summed E-state index contributed by atoms with van der Waals surface area (Å²) >= 11 is 0. The Kier molecular flexibility index (Phi) is 9.98. The van der Waals surface area contributed by atoms with Gasteiger partial charge >= 0.3 is 0 Å². The molecule has 2 fully saturated rings. The van der Waals surface area contributed by atoms with Crippen LogP contribution in [0.4, 0.5) is 0 Å². The number of benzene rings is 2. The Bertz CT molecular complexity index is 943. The monoisotopic (exact) mass is 518 g/mol. The quantitative estimate of drug-likeness (QED) is 0.224. The lowest BCUT2D eigenvalue weighted by Gasteiger charge is -2.48. The lowest BCUT2D eigenvalue weighted by Crippen LogP contribution is -2.68. The van der Waals surface area contributed by atoms with E-state index in [1.54, 1.807) is 0 Å². The van der Waals surface area contributed by atoms with Crippen LogP contribution in [0.25, 0.3) is 0 Å². The summed E-state index contributed by atoms with van der Waals surface area (Å²) in [6, 6.07) is 17.3. The van der Waals surface area contributed by atoms with Crippen molar-refractivity contribution in [3.63, 3.8) is 0 Å². The van der Waals surface area contributed by atoms with E-state index >= 15 is 0 Å². The summed E-state index contributed by atoms with van der Waals surface area (Å²) < 4.78 is 30.1. The smallest absolute Gasteiger partial charge is 0.176 e. The van der Waals surface area contributed by atoms with Crippen LogP contribution in [0.1, 0.15) is 11.1 Å². The van der Waals surface area contributed by atoms with Gasteiger partial charge < -0.3 is 56.8 Å². The fourth-order valence-electron chi connectivity index (χ4n) is 4.65. The minimum absolute atomic E-state index is 0.0204. The zero-order chi connectivity index (χ0) is 26.4. The zero-order valence-electron chi connectivity index (χ0n) is 20.6. The molecule has 0 saturated carbocycles. The molecule has 0 radical (unpaired) electrons. The molecule has 11 nitrogen and oxygen atoms in total. The predicted octanol–water partition coefficient (Wildman–Crippen LogP) is -1.08. The molecule has 0 aliphatic carbocycles. The van der Waals surface area contributed by atoms with Crippen LogP contribution in [0.5, 0.6) is 0 Å². The van der Waals surface area contributed by atoms with Gasteiger partial charge in [0.1, 0.15) is 36.6 Å². The van der Waals surface area contributed by atoms with Gasteiger partial charge in [-0.05, 0) is 11.1 Å². The summed E-state index contributed by atoms with van der Waals surface area (Å²) in [5.74, 6) is 0. The highest BCUT2D eigenvalue weighted by Crippen LogP contribution is 2.30. The number of aliphatic hydroxyl groups excluding tert-OH is 2. The van der Waals surface area contributed by atoms with Crippen LogP contribution in [0, 0.1) is 0 Å². The normalized spacial score (nSPS) is 36.4. The maximum atomic E-state index is 10.8. The third-order valence-corrected chi connectivity index (χ3v) is 6.76. The van der Waals surface area contributed by atoms with Gasteiger partial charge in [-0.1, -0.05) is 60.7 Å². The number of aliphatic hydroxyl groups is 2. The Morgan fingerprint density at radius 1 is 0.676 bits per heavy atom. The van der Waals surface area contributed by atoms with E-state index in [1.165, 1.54) is 0 Å². The predicted molar refractivity (Wildman–Crippen MR) is 135 cm³/mol. The fourth-order valence-corrected chi connectivity index (χ4v) is 4.65. The van der Waals surface area contributed by atoms with E-state index in [0.717, 1.165) is 11.1 Å². The van der Waals surface area contributed by atoms with Gasteiger partial charge in [-0.2, -0.15) is 0 Å². The molecule has 2 aromatic rings. The standard InChI is InChI=1S/C26H38N4O7/c27-11-17-21(31)23(33-13-15-7-3-1-4-8-15)20(30)26(36-17)37-22-18(12-28)35-25(32)19(29)24(22)34-14-16-9-5-2-6-10-16/h1-10,17-26,31-32H,11-14,27-30H2/t17-,18-,19-,20-,21-,22-,23-,24-,25+,26-/m1/s1. The maximum Gasteiger partial charge on any atom is 0.176 e. The third kappa shape index (κ3) is 6.72. The van der Waals surface area contributed by atoms with Crippen LogP contribution in [-0.4, -0.2) is 84.6 Å². The molecule has 0 bridgehead atoms. The topological polar surface area (TPSA) is 191 Å². The van der Waals surface area contributed by atoms with Crippen molar-refractivity contribution < 1.29 is 33.9 Å². The van der Waals surface area contributed by atoms with Crippen LogP contribution in [-0.2, 0) is 36.9 Å². The van der Waals surface area contributed by atoms with Gasteiger partial charge in [-0.25, -0.2) is 0 Å². The Morgan fingerprint density at radius 2 is 1.22 bits per heavy atom. The van der Waals surface area contributed by atoms with Crippen LogP contribution >= 0.6 is 0 Å². The van der Waals surface area contributed by atoms with Gasteiger partial charge in [0.2, 0.25) is 0 Å². The molecule has 2 saturated heterocycles. The number of rotatable bonds is 10. The van der Waals surface area contributed by atoms with Crippen LogP contribution in [0.3, 0.4) is 0 Å². The third-order valence-electron chi connectivity index (χ3n) is 6.76. The number of ether oxygens (including phenoxy) is 5. The molecule has 0 amide bonds. The van der Waals surface area contributed by atoms with Crippen LogP contribution in [0.15, 0.2) is 60.7 Å². The average Bonchev–Trinajstić information content (AvgIpc) is 2.92. The first-order valence-electron chi connectivity index (χ1n) is 12.5. The number of hydrogen-bond donors (Lipinski definition) is 6. The minimum Gasteiger partial charge on any atom is -0.388 e. The summed E-state index contributed by atoms with van der Waals surface area (Å²) in [4.78, 5) is 0. The van der Waals surface area contributed by atoms with Gasteiger partial charge in [0.05, 0.1) is 25.3 Å². The Morgan fingerprint density at radius 3 is 1.76 bits per heavy atom. The molecule has 37 heavy (non-hydrogen) atoms. The largest absolute Gasteiger partial charge is 0.388 e. The van der Waals surface area contributed by atoms with E-state index in [1.807, 2.05) is 60.7 Å². The summed E-state index contributed by atoms with van der Waals surface area (Å²) in [7, 11) is 0. The molecule has 11 heteroatoms. The first-order chi connectivity index (χ1) is 17.9. The highest BCUT2D eigenvalue weighted by atomic mass is 16.7. The lowest BCUT2D eigenvalue weighted by molar-refractivity contribution is -0.324. The highest BCUT2D eigenvalue weighted by Gasteiger charge is 2.50. The molecule has 2 aromatic carbocycles. The van der Waals surface area contributed by atoms with Gasteiger partial charge in [-0.15, -0.1) is 0 Å². The Labute approximate surface area is 216 Å².